The minimum atomic E-state index is -0.609. The molecule has 9 heteroatoms. The van der Waals surface area contributed by atoms with Gasteiger partial charge in [0.25, 0.3) is 5.95 Å². The van der Waals surface area contributed by atoms with Crippen molar-refractivity contribution in [1.82, 2.24) is 24.1 Å². The zero-order valence-electron chi connectivity index (χ0n) is 13.0. The van der Waals surface area contributed by atoms with Gasteiger partial charge >= 0.3 is 6.09 Å². The fraction of sp³-hybridized carbons (Fsp3) is 0.286. The minimum absolute atomic E-state index is 0.131. The second kappa shape index (κ2) is 5.95. The maximum absolute atomic E-state index is 11.5. The van der Waals surface area contributed by atoms with Gasteiger partial charge < -0.3 is 9.47 Å². The molecule has 9 nitrogen and oxygen atoms in total. The van der Waals surface area contributed by atoms with Crippen molar-refractivity contribution < 1.29 is 14.3 Å². The molecule has 1 amide bonds. The average Bonchev–Trinajstić information content (AvgIpc) is 3.12. The lowest BCUT2D eigenvalue weighted by atomic mass is 10.4. The summed E-state index contributed by atoms with van der Waals surface area (Å²) in [6.07, 6.45) is 2.90. The van der Waals surface area contributed by atoms with E-state index in [2.05, 4.69) is 20.4 Å². The number of pyridine rings is 1. The Morgan fingerprint density at radius 3 is 2.87 bits per heavy atom. The fourth-order valence-electron chi connectivity index (χ4n) is 2.20. The number of carbonyl (C=O) groups excluding carboxylic acids is 1. The summed E-state index contributed by atoms with van der Waals surface area (Å²) < 4.78 is 13.6. The number of aromatic nitrogens is 5. The molecule has 0 fully saturated rings. The van der Waals surface area contributed by atoms with Crippen LogP contribution in [0.1, 0.15) is 12.7 Å². The summed E-state index contributed by atoms with van der Waals surface area (Å²) >= 11 is 0. The van der Waals surface area contributed by atoms with E-state index < -0.39 is 6.09 Å². The average molecular weight is 316 g/mol. The van der Waals surface area contributed by atoms with Gasteiger partial charge in [0.1, 0.15) is 11.6 Å². The molecule has 0 aliphatic rings. The fourth-order valence-corrected chi connectivity index (χ4v) is 2.20. The standard InChI is InChI=1S/C14H16N6O3/c1-4-23-14(21)17-13-16-12-10(22-3)5-6-11(20(12)18-13)19-8-7-15-9(19)2/h5-8H,4H2,1-3H3,(H,17,18,21). The molecule has 0 spiro atoms. The smallest absolute Gasteiger partial charge is 0.414 e. The molecule has 3 aromatic rings. The first-order chi connectivity index (χ1) is 11.1. The molecular weight excluding hydrogens is 300 g/mol. The largest absolute Gasteiger partial charge is 0.493 e. The van der Waals surface area contributed by atoms with E-state index in [1.165, 1.54) is 0 Å². The molecule has 0 unspecified atom stereocenters. The molecule has 0 bridgehead atoms. The third-order valence-corrected chi connectivity index (χ3v) is 3.21. The van der Waals surface area contributed by atoms with E-state index in [0.717, 1.165) is 11.6 Å². The van der Waals surface area contributed by atoms with E-state index in [0.29, 0.717) is 11.4 Å². The van der Waals surface area contributed by atoms with Gasteiger partial charge in [0.15, 0.2) is 5.75 Å². The first-order valence-corrected chi connectivity index (χ1v) is 7.02. The van der Waals surface area contributed by atoms with E-state index in [-0.39, 0.29) is 12.6 Å². The van der Waals surface area contributed by atoms with Gasteiger partial charge in [0.2, 0.25) is 5.65 Å². The SMILES string of the molecule is CCOC(=O)Nc1nc2c(OC)ccc(-n3ccnc3C)n2n1. The zero-order chi connectivity index (χ0) is 16.4. The van der Waals surface area contributed by atoms with Crippen LogP contribution in [0.2, 0.25) is 0 Å². The summed E-state index contributed by atoms with van der Waals surface area (Å²) in [6.45, 7) is 3.87. The van der Waals surface area contributed by atoms with Crippen LogP contribution in [0.4, 0.5) is 10.7 Å². The number of aryl methyl sites for hydroxylation is 1. The summed E-state index contributed by atoms with van der Waals surface area (Å²) in [5.74, 6) is 2.19. The van der Waals surface area contributed by atoms with Gasteiger partial charge in [-0.2, -0.15) is 9.50 Å². The Kier molecular flexibility index (Phi) is 3.83. The molecule has 0 aliphatic heterocycles. The highest BCUT2D eigenvalue weighted by Gasteiger charge is 2.16. The molecule has 120 valence electrons. The van der Waals surface area contributed by atoms with Gasteiger partial charge in [-0.25, -0.2) is 9.78 Å². The first kappa shape index (κ1) is 14.8. The number of carbonyl (C=O) groups is 1. The molecule has 3 aromatic heterocycles. The normalized spacial score (nSPS) is 10.7. The highest BCUT2D eigenvalue weighted by Crippen LogP contribution is 2.23. The summed E-state index contributed by atoms with van der Waals surface area (Å²) in [4.78, 5) is 20.0. The predicted octanol–water partition coefficient (Wildman–Crippen LogP) is 1.80. The van der Waals surface area contributed by atoms with Crippen molar-refractivity contribution in [2.45, 2.75) is 13.8 Å². The van der Waals surface area contributed by atoms with Crippen LogP contribution in [-0.2, 0) is 4.74 Å². The van der Waals surface area contributed by atoms with E-state index in [9.17, 15) is 4.79 Å². The van der Waals surface area contributed by atoms with E-state index in [1.54, 1.807) is 30.8 Å². The van der Waals surface area contributed by atoms with Crippen LogP contribution in [-0.4, -0.2) is 44.0 Å². The molecule has 0 saturated carbocycles. The quantitative estimate of drug-likeness (QED) is 0.788. The van der Waals surface area contributed by atoms with Crippen molar-refractivity contribution in [3.8, 4) is 11.6 Å². The topological polar surface area (TPSA) is 95.6 Å². The number of amides is 1. The third kappa shape index (κ3) is 2.68. The number of nitrogens with zero attached hydrogens (tertiary/aromatic N) is 5. The molecule has 0 aliphatic carbocycles. The molecule has 0 aromatic carbocycles. The highest BCUT2D eigenvalue weighted by molar-refractivity contribution is 5.82. The monoisotopic (exact) mass is 316 g/mol. The van der Waals surface area contributed by atoms with Crippen LogP contribution in [0.5, 0.6) is 5.75 Å². The summed E-state index contributed by atoms with van der Waals surface area (Å²) in [5, 5.41) is 6.79. The minimum Gasteiger partial charge on any atom is -0.493 e. The van der Waals surface area contributed by atoms with Crippen molar-refractivity contribution in [2.24, 2.45) is 0 Å². The number of methoxy groups -OCH3 is 1. The van der Waals surface area contributed by atoms with Crippen LogP contribution >= 0.6 is 0 Å². The van der Waals surface area contributed by atoms with Crippen LogP contribution in [0.25, 0.3) is 11.5 Å². The van der Waals surface area contributed by atoms with Crippen molar-refractivity contribution in [3.63, 3.8) is 0 Å². The summed E-state index contributed by atoms with van der Waals surface area (Å²) in [5.41, 5.74) is 0.477. The number of hydrogen-bond acceptors (Lipinski definition) is 6. The lowest BCUT2D eigenvalue weighted by molar-refractivity contribution is 0.167. The Hall–Kier alpha value is -3.10. The third-order valence-electron chi connectivity index (χ3n) is 3.21. The molecule has 3 heterocycles. The number of nitrogens with one attached hydrogen (secondary N) is 1. The molecule has 0 saturated heterocycles. The maximum atomic E-state index is 11.5. The van der Waals surface area contributed by atoms with Gasteiger partial charge in [0, 0.05) is 12.4 Å². The maximum Gasteiger partial charge on any atom is 0.414 e. The Morgan fingerprint density at radius 1 is 1.39 bits per heavy atom. The first-order valence-electron chi connectivity index (χ1n) is 7.02. The number of ether oxygens (including phenoxy) is 2. The molecule has 0 radical (unpaired) electrons. The van der Waals surface area contributed by atoms with Crippen LogP contribution in [0, 0.1) is 6.92 Å². The van der Waals surface area contributed by atoms with Gasteiger partial charge in [-0.05, 0) is 26.0 Å². The number of fused-ring (bicyclic) bond motifs is 1. The zero-order valence-corrected chi connectivity index (χ0v) is 13.0. The number of rotatable bonds is 4. The highest BCUT2D eigenvalue weighted by atomic mass is 16.5. The molecule has 23 heavy (non-hydrogen) atoms. The van der Waals surface area contributed by atoms with Gasteiger partial charge in [-0.3, -0.25) is 9.88 Å². The van der Waals surface area contributed by atoms with E-state index >= 15 is 0 Å². The lowest BCUT2D eigenvalue weighted by Crippen LogP contribution is -2.14. The van der Waals surface area contributed by atoms with Crippen molar-refractivity contribution in [1.29, 1.82) is 0 Å². The predicted molar refractivity (Wildman–Crippen MR) is 82.0 cm³/mol. The van der Waals surface area contributed by atoms with Gasteiger partial charge in [-0.1, -0.05) is 0 Å². The molecule has 0 atom stereocenters. The Labute approximate surface area is 131 Å². The number of imidazole rings is 1. The molecular formula is C14H16N6O3. The summed E-state index contributed by atoms with van der Waals surface area (Å²) in [7, 11) is 1.55. The summed E-state index contributed by atoms with van der Waals surface area (Å²) in [6, 6.07) is 3.62. The van der Waals surface area contributed by atoms with Crippen LogP contribution < -0.4 is 10.1 Å². The Morgan fingerprint density at radius 2 is 2.22 bits per heavy atom. The number of anilines is 1. The van der Waals surface area contributed by atoms with Crippen molar-refractivity contribution in [2.75, 3.05) is 19.0 Å². The van der Waals surface area contributed by atoms with Crippen LogP contribution in [0.3, 0.4) is 0 Å². The molecule has 3 rings (SSSR count). The lowest BCUT2D eigenvalue weighted by Gasteiger charge is -2.08. The second-order valence-electron chi connectivity index (χ2n) is 4.62. The molecule has 1 N–H and O–H groups in total. The van der Waals surface area contributed by atoms with Crippen molar-refractivity contribution >= 4 is 17.7 Å². The van der Waals surface area contributed by atoms with Crippen LogP contribution in [0.15, 0.2) is 24.5 Å². The van der Waals surface area contributed by atoms with Gasteiger partial charge in [-0.15, -0.1) is 5.10 Å². The van der Waals surface area contributed by atoms with E-state index in [1.807, 2.05) is 23.8 Å². The number of hydrogen-bond donors (Lipinski definition) is 1. The Balaban J connectivity index is 2.11. The van der Waals surface area contributed by atoms with Crippen molar-refractivity contribution in [3.05, 3.63) is 30.4 Å². The van der Waals surface area contributed by atoms with Gasteiger partial charge in [0.05, 0.1) is 13.7 Å². The van der Waals surface area contributed by atoms with E-state index in [4.69, 9.17) is 9.47 Å². The Bertz CT molecular complexity index is 853. The second-order valence-corrected chi connectivity index (χ2v) is 4.62.